The number of fused-ring (bicyclic) bond motifs is 1. The van der Waals surface area contributed by atoms with Gasteiger partial charge in [0, 0.05) is 17.0 Å². The van der Waals surface area contributed by atoms with Crippen molar-refractivity contribution >= 4 is 22.9 Å². The first-order chi connectivity index (χ1) is 11.9. The van der Waals surface area contributed by atoms with E-state index in [9.17, 15) is 4.79 Å². The number of nitrogens with zero attached hydrogens (tertiary/aromatic N) is 2. The van der Waals surface area contributed by atoms with E-state index in [1.807, 2.05) is 30.9 Å². The molecule has 1 amide bonds. The van der Waals surface area contributed by atoms with Crippen LogP contribution in [0.1, 0.15) is 43.5 Å². The molecule has 1 aliphatic rings. The Labute approximate surface area is 153 Å². The zero-order chi connectivity index (χ0) is 18.1. The maximum absolute atomic E-state index is 12.8. The molecule has 0 N–H and O–H groups in total. The summed E-state index contributed by atoms with van der Waals surface area (Å²) in [6.07, 6.45) is 1.28. The van der Waals surface area contributed by atoms with Crippen LogP contribution in [0.3, 0.4) is 0 Å². The van der Waals surface area contributed by atoms with Crippen molar-refractivity contribution in [3.63, 3.8) is 0 Å². The Kier molecular flexibility index (Phi) is 5.13. The van der Waals surface area contributed by atoms with Gasteiger partial charge in [-0.3, -0.25) is 4.79 Å². The van der Waals surface area contributed by atoms with E-state index in [0.717, 1.165) is 40.7 Å². The number of thiazole rings is 1. The Balaban J connectivity index is 2.02. The summed E-state index contributed by atoms with van der Waals surface area (Å²) in [5, 5.41) is 1.06. The van der Waals surface area contributed by atoms with Gasteiger partial charge in [-0.1, -0.05) is 20.8 Å². The topological polar surface area (TPSA) is 42.4 Å². The second-order valence-electron chi connectivity index (χ2n) is 7.01. The molecule has 5 heteroatoms. The highest BCUT2D eigenvalue weighted by molar-refractivity contribution is 7.11. The normalized spacial score (nSPS) is 17.0. The van der Waals surface area contributed by atoms with Crippen molar-refractivity contribution in [3.05, 3.63) is 28.1 Å². The van der Waals surface area contributed by atoms with E-state index in [1.54, 1.807) is 11.3 Å². The Hall–Kier alpha value is -1.88. The van der Waals surface area contributed by atoms with Crippen LogP contribution in [0.15, 0.2) is 18.2 Å². The highest BCUT2D eigenvalue weighted by Crippen LogP contribution is 2.39. The average molecular weight is 359 g/mol. The first kappa shape index (κ1) is 17.9. The van der Waals surface area contributed by atoms with Crippen LogP contribution in [-0.4, -0.2) is 23.5 Å². The standard InChI is InChI=1S/C20H26N2O2S/c1-6-17-20(23)22(10-9-12(2)3)16-11-15(7-8-18(16)24-17)19-13(4)25-14(5)21-19/h7-8,11-12,17H,6,9-10H2,1-5H3. The molecule has 0 fully saturated rings. The van der Waals surface area contributed by atoms with Gasteiger partial charge in [-0.25, -0.2) is 4.98 Å². The summed E-state index contributed by atoms with van der Waals surface area (Å²) in [4.78, 5) is 20.6. The van der Waals surface area contributed by atoms with E-state index >= 15 is 0 Å². The SMILES string of the molecule is CCC1Oc2ccc(-c3nc(C)sc3C)cc2N(CCC(C)C)C1=O. The summed E-state index contributed by atoms with van der Waals surface area (Å²) < 4.78 is 5.95. The number of hydrogen-bond donors (Lipinski definition) is 0. The minimum absolute atomic E-state index is 0.0685. The summed E-state index contributed by atoms with van der Waals surface area (Å²) in [6, 6.07) is 6.08. The number of carbonyl (C=O) groups excluding carboxylic acids is 1. The molecule has 2 heterocycles. The Morgan fingerprint density at radius 1 is 1.32 bits per heavy atom. The van der Waals surface area contributed by atoms with Gasteiger partial charge in [-0.05, 0) is 50.8 Å². The van der Waals surface area contributed by atoms with E-state index < -0.39 is 0 Å². The molecule has 1 unspecified atom stereocenters. The Bertz CT molecular complexity index is 782. The van der Waals surface area contributed by atoms with E-state index in [0.29, 0.717) is 12.3 Å². The molecular weight excluding hydrogens is 332 g/mol. The lowest BCUT2D eigenvalue weighted by molar-refractivity contribution is -0.126. The van der Waals surface area contributed by atoms with E-state index in [-0.39, 0.29) is 12.0 Å². The van der Waals surface area contributed by atoms with Crippen molar-refractivity contribution < 1.29 is 9.53 Å². The number of carbonyl (C=O) groups is 1. The van der Waals surface area contributed by atoms with Gasteiger partial charge in [0.05, 0.1) is 16.4 Å². The number of benzene rings is 1. The van der Waals surface area contributed by atoms with Crippen molar-refractivity contribution in [2.24, 2.45) is 5.92 Å². The third-order valence-electron chi connectivity index (χ3n) is 4.54. The van der Waals surface area contributed by atoms with Gasteiger partial charge in [0.25, 0.3) is 5.91 Å². The third kappa shape index (κ3) is 3.56. The lowest BCUT2D eigenvalue weighted by atomic mass is 10.0. The minimum Gasteiger partial charge on any atom is -0.478 e. The molecular formula is C20H26N2O2S. The highest BCUT2D eigenvalue weighted by atomic mass is 32.1. The zero-order valence-electron chi connectivity index (χ0n) is 15.6. The van der Waals surface area contributed by atoms with Gasteiger partial charge in [-0.2, -0.15) is 0 Å². The number of anilines is 1. The lowest BCUT2D eigenvalue weighted by Crippen LogP contribution is -2.46. The van der Waals surface area contributed by atoms with Crippen molar-refractivity contribution in [1.82, 2.24) is 4.98 Å². The van der Waals surface area contributed by atoms with Gasteiger partial charge >= 0.3 is 0 Å². The molecule has 1 atom stereocenters. The van der Waals surface area contributed by atoms with Crippen molar-refractivity contribution in [2.75, 3.05) is 11.4 Å². The van der Waals surface area contributed by atoms with E-state index in [2.05, 4.69) is 31.8 Å². The third-order valence-corrected chi connectivity index (χ3v) is 5.42. The fraction of sp³-hybridized carbons (Fsp3) is 0.500. The number of aromatic nitrogens is 1. The van der Waals surface area contributed by atoms with Gasteiger partial charge in [0.15, 0.2) is 6.10 Å². The Morgan fingerprint density at radius 2 is 2.08 bits per heavy atom. The van der Waals surface area contributed by atoms with E-state index in [1.165, 1.54) is 4.88 Å². The van der Waals surface area contributed by atoms with Crippen LogP contribution in [0, 0.1) is 19.8 Å². The largest absolute Gasteiger partial charge is 0.478 e. The summed E-state index contributed by atoms with van der Waals surface area (Å²) >= 11 is 1.70. The summed E-state index contributed by atoms with van der Waals surface area (Å²) in [5.74, 6) is 1.41. The molecule has 3 rings (SSSR count). The second kappa shape index (κ2) is 7.16. The Morgan fingerprint density at radius 3 is 2.68 bits per heavy atom. The maximum atomic E-state index is 12.8. The van der Waals surface area contributed by atoms with Crippen LogP contribution in [0.25, 0.3) is 11.3 Å². The number of amides is 1. The average Bonchev–Trinajstić information content (AvgIpc) is 2.91. The quantitative estimate of drug-likeness (QED) is 0.757. The van der Waals surface area contributed by atoms with Crippen LogP contribution in [0.4, 0.5) is 5.69 Å². The van der Waals surface area contributed by atoms with Crippen LogP contribution in [-0.2, 0) is 4.79 Å². The van der Waals surface area contributed by atoms with Crippen molar-refractivity contribution in [3.8, 4) is 17.0 Å². The molecule has 0 radical (unpaired) electrons. The van der Waals surface area contributed by atoms with Crippen molar-refractivity contribution in [2.45, 2.75) is 53.6 Å². The number of rotatable bonds is 5. The maximum Gasteiger partial charge on any atom is 0.268 e. The lowest BCUT2D eigenvalue weighted by Gasteiger charge is -2.34. The predicted octanol–water partition coefficient (Wildman–Crippen LogP) is 4.98. The first-order valence-electron chi connectivity index (χ1n) is 8.97. The second-order valence-corrected chi connectivity index (χ2v) is 8.41. The van der Waals surface area contributed by atoms with E-state index in [4.69, 9.17) is 4.74 Å². The molecule has 0 bridgehead atoms. The van der Waals surface area contributed by atoms with Crippen molar-refractivity contribution in [1.29, 1.82) is 0 Å². The van der Waals surface area contributed by atoms with Crippen LogP contribution < -0.4 is 9.64 Å². The molecule has 0 aliphatic carbocycles. The molecule has 1 aromatic carbocycles. The van der Waals surface area contributed by atoms with Gasteiger partial charge in [0.1, 0.15) is 5.75 Å². The molecule has 0 saturated carbocycles. The summed E-state index contributed by atoms with van der Waals surface area (Å²) in [5.41, 5.74) is 2.92. The number of ether oxygens (including phenoxy) is 1. The van der Waals surface area contributed by atoms with Gasteiger partial charge in [0.2, 0.25) is 0 Å². The van der Waals surface area contributed by atoms with Crippen LogP contribution in [0.2, 0.25) is 0 Å². The molecule has 0 saturated heterocycles. The highest BCUT2D eigenvalue weighted by Gasteiger charge is 2.33. The first-order valence-corrected chi connectivity index (χ1v) is 9.78. The molecule has 0 spiro atoms. The van der Waals surface area contributed by atoms with Crippen LogP contribution >= 0.6 is 11.3 Å². The monoisotopic (exact) mass is 358 g/mol. The van der Waals surface area contributed by atoms with Gasteiger partial charge < -0.3 is 9.64 Å². The summed E-state index contributed by atoms with van der Waals surface area (Å²) in [6.45, 7) is 11.2. The number of aryl methyl sites for hydroxylation is 2. The smallest absolute Gasteiger partial charge is 0.268 e. The van der Waals surface area contributed by atoms with Crippen LogP contribution in [0.5, 0.6) is 5.75 Å². The molecule has 25 heavy (non-hydrogen) atoms. The molecule has 4 nitrogen and oxygen atoms in total. The molecule has 1 aromatic heterocycles. The minimum atomic E-state index is -0.381. The molecule has 1 aliphatic heterocycles. The predicted molar refractivity (Wildman–Crippen MR) is 104 cm³/mol. The fourth-order valence-corrected chi connectivity index (χ4v) is 3.98. The molecule has 134 valence electrons. The fourth-order valence-electron chi connectivity index (χ4n) is 3.14. The zero-order valence-corrected chi connectivity index (χ0v) is 16.4. The number of hydrogen-bond acceptors (Lipinski definition) is 4. The van der Waals surface area contributed by atoms with Gasteiger partial charge in [-0.15, -0.1) is 11.3 Å². The summed E-state index contributed by atoms with van der Waals surface area (Å²) in [7, 11) is 0. The molecule has 2 aromatic rings.